The van der Waals surface area contributed by atoms with Crippen molar-refractivity contribution in [1.29, 1.82) is 0 Å². The Balaban J connectivity index is 4.72. The first kappa shape index (κ1) is 10.9. The molecule has 12 heavy (non-hydrogen) atoms. The molecule has 0 spiro atoms. The molecule has 0 bridgehead atoms. The summed E-state index contributed by atoms with van der Waals surface area (Å²) in [6.45, 7) is 5.74. The predicted molar refractivity (Wildman–Crippen MR) is 50.1 cm³/mol. The minimum Gasteiger partial charge on any atom is -0.290 e. The third-order valence-corrected chi connectivity index (χ3v) is 1.65. The minimum atomic E-state index is -0.201. The number of allylic oxidation sites excluding steroid dienone is 3. The van der Waals surface area contributed by atoms with Crippen molar-refractivity contribution >= 4 is 5.91 Å². The first-order valence-electron chi connectivity index (χ1n) is 4.00. The molecule has 0 radical (unpaired) electrons. The first-order chi connectivity index (χ1) is 5.67. The Bertz CT molecular complexity index is 217. The second-order valence-corrected chi connectivity index (χ2v) is 2.49. The van der Waals surface area contributed by atoms with Gasteiger partial charge in [0.25, 0.3) is 5.91 Å². The van der Waals surface area contributed by atoms with Gasteiger partial charge in [0.05, 0.1) is 0 Å². The van der Waals surface area contributed by atoms with Gasteiger partial charge in [-0.15, -0.1) is 0 Å². The molecule has 3 nitrogen and oxygen atoms in total. The fraction of sp³-hybridized carbons (Fsp3) is 0.444. The number of nitrogens with one attached hydrogen (secondary N) is 1. The van der Waals surface area contributed by atoms with Crippen LogP contribution in [0.1, 0.15) is 27.2 Å². The molecule has 0 atom stereocenters. The van der Waals surface area contributed by atoms with Crippen LogP contribution in [0.2, 0.25) is 0 Å². The van der Waals surface area contributed by atoms with E-state index >= 15 is 0 Å². The van der Waals surface area contributed by atoms with Crippen molar-refractivity contribution in [3.63, 3.8) is 0 Å². The molecule has 0 rings (SSSR count). The Morgan fingerprint density at radius 2 is 2.17 bits per heavy atom. The number of rotatable bonds is 3. The standard InChI is InChI=1S/C9H16N2O/c1-4-6-7(3)8(5-2)9(12)11-10/h4,6H,5,10H2,1-3H3,(H,11,12)/b6-4-,8-7?. The lowest BCUT2D eigenvalue weighted by Crippen LogP contribution is -2.31. The summed E-state index contributed by atoms with van der Waals surface area (Å²) in [6, 6.07) is 0. The van der Waals surface area contributed by atoms with Gasteiger partial charge in [-0.1, -0.05) is 19.1 Å². The normalized spacial score (nSPS) is 13.0. The maximum atomic E-state index is 11.1. The molecule has 0 unspecified atom stereocenters. The van der Waals surface area contributed by atoms with Crippen LogP contribution in [0.25, 0.3) is 0 Å². The smallest absolute Gasteiger partial charge is 0.261 e. The SMILES string of the molecule is C/C=C\C(C)=C(CC)C(=O)NN. The molecule has 0 aliphatic carbocycles. The van der Waals surface area contributed by atoms with E-state index in [-0.39, 0.29) is 5.91 Å². The lowest BCUT2D eigenvalue weighted by atomic mass is 10.1. The highest BCUT2D eigenvalue weighted by Crippen LogP contribution is 2.09. The Hall–Kier alpha value is -1.09. The average molecular weight is 168 g/mol. The second-order valence-electron chi connectivity index (χ2n) is 2.49. The first-order valence-corrected chi connectivity index (χ1v) is 4.00. The van der Waals surface area contributed by atoms with Crippen LogP contribution in [0.4, 0.5) is 0 Å². The fourth-order valence-corrected chi connectivity index (χ4v) is 1.06. The van der Waals surface area contributed by atoms with E-state index < -0.39 is 0 Å². The summed E-state index contributed by atoms with van der Waals surface area (Å²) in [7, 11) is 0. The van der Waals surface area contributed by atoms with Crippen molar-refractivity contribution < 1.29 is 4.79 Å². The number of carbonyl (C=O) groups is 1. The Morgan fingerprint density at radius 3 is 2.50 bits per heavy atom. The van der Waals surface area contributed by atoms with Gasteiger partial charge in [0, 0.05) is 5.57 Å². The molecule has 68 valence electrons. The van der Waals surface area contributed by atoms with E-state index in [1.165, 1.54) is 0 Å². The second kappa shape index (κ2) is 5.55. The molecule has 1 amide bonds. The van der Waals surface area contributed by atoms with Gasteiger partial charge < -0.3 is 0 Å². The van der Waals surface area contributed by atoms with E-state index in [1.54, 1.807) is 0 Å². The van der Waals surface area contributed by atoms with Crippen LogP contribution < -0.4 is 11.3 Å². The summed E-state index contributed by atoms with van der Waals surface area (Å²) in [4.78, 5) is 11.1. The third kappa shape index (κ3) is 2.88. The Labute approximate surface area is 73.3 Å². The van der Waals surface area contributed by atoms with Crippen molar-refractivity contribution in [2.75, 3.05) is 0 Å². The van der Waals surface area contributed by atoms with Crippen LogP contribution in [0.3, 0.4) is 0 Å². The van der Waals surface area contributed by atoms with Gasteiger partial charge in [-0.3, -0.25) is 10.2 Å². The van der Waals surface area contributed by atoms with E-state index in [1.807, 2.05) is 32.9 Å². The zero-order chi connectivity index (χ0) is 9.56. The summed E-state index contributed by atoms with van der Waals surface area (Å²) in [6.07, 6.45) is 4.49. The number of hydrazine groups is 1. The lowest BCUT2D eigenvalue weighted by molar-refractivity contribution is -0.117. The number of hydrogen-bond donors (Lipinski definition) is 2. The van der Waals surface area contributed by atoms with Crippen LogP contribution in [0.15, 0.2) is 23.3 Å². The Kier molecular flexibility index (Phi) is 5.04. The molecule has 3 heteroatoms. The van der Waals surface area contributed by atoms with Gasteiger partial charge in [-0.05, 0) is 25.8 Å². The van der Waals surface area contributed by atoms with Gasteiger partial charge in [0.15, 0.2) is 0 Å². The summed E-state index contributed by atoms with van der Waals surface area (Å²) in [5.41, 5.74) is 3.82. The zero-order valence-electron chi connectivity index (χ0n) is 7.85. The van der Waals surface area contributed by atoms with Crippen molar-refractivity contribution in [1.82, 2.24) is 5.43 Å². The summed E-state index contributed by atoms with van der Waals surface area (Å²) < 4.78 is 0. The van der Waals surface area contributed by atoms with Crippen molar-refractivity contribution in [2.45, 2.75) is 27.2 Å². The van der Waals surface area contributed by atoms with E-state index in [0.29, 0.717) is 6.42 Å². The van der Waals surface area contributed by atoms with E-state index in [4.69, 9.17) is 5.84 Å². The molecule has 0 saturated heterocycles. The number of hydrogen-bond acceptors (Lipinski definition) is 2. The maximum absolute atomic E-state index is 11.1. The van der Waals surface area contributed by atoms with E-state index in [0.717, 1.165) is 11.1 Å². The third-order valence-electron chi connectivity index (χ3n) is 1.65. The van der Waals surface area contributed by atoms with Gasteiger partial charge in [0.1, 0.15) is 0 Å². The van der Waals surface area contributed by atoms with Gasteiger partial charge in [0.2, 0.25) is 0 Å². The van der Waals surface area contributed by atoms with Gasteiger partial charge >= 0.3 is 0 Å². The highest BCUT2D eigenvalue weighted by atomic mass is 16.2. The molecule has 0 fully saturated rings. The molecule has 0 saturated carbocycles. The van der Waals surface area contributed by atoms with Crippen molar-refractivity contribution in [3.05, 3.63) is 23.3 Å². The van der Waals surface area contributed by atoms with E-state index in [9.17, 15) is 4.79 Å². The largest absolute Gasteiger partial charge is 0.290 e. The van der Waals surface area contributed by atoms with Crippen molar-refractivity contribution in [2.24, 2.45) is 5.84 Å². The number of nitrogens with two attached hydrogens (primary N) is 1. The average Bonchev–Trinajstić information content (AvgIpc) is 2.06. The monoisotopic (exact) mass is 168 g/mol. The van der Waals surface area contributed by atoms with Crippen LogP contribution in [-0.4, -0.2) is 5.91 Å². The van der Waals surface area contributed by atoms with Gasteiger partial charge in [-0.2, -0.15) is 0 Å². The molecule has 0 aliphatic rings. The minimum absolute atomic E-state index is 0.201. The summed E-state index contributed by atoms with van der Waals surface area (Å²) in [5.74, 6) is 4.82. The molecular formula is C9H16N2O. The molecule has 0 aromatic carbocycles. The lowest BCUT2D eigenvalue weighted by Gasteiger charge is -2.04. The van der Waals surface area contributed by atoms with Gasteiger partial charge in [-0.25, -0.2) is 5.84 Å². The van der Waals surface area contributed by atoms with Crippen LogP contribution in [0.5, 0.6) is 0 Å². The van der Waals surface area contributed by atoms with E-state index in [2.05, 4.69) is 5.43 Å². The summed E-state index contributed by atoms with van der Waals surface area (Å²) >= 11 is 0. The molecular weight excluding hydrogens is 152 g/mol. The molecule has 0 aromatic rings. The number of amides is 1. The molecule has 0 heterocycles. The topological polar surface area (TPSA) is 55.1 Å². The Morgan fingerprint density at radius 1 is 1.58 bits per heavy atom. The quantitative estimate of drug-likeness (QED) is 0.219. The maximum Gasteiger partial charge on any atom is 0.261 e. The molecule has 3 N–H and O–H groups in total. The predicted octanol–water partition coefficient (Wildman–Crippen LogP) is 1.28. The highest BCUT2D eigenvalue weighted by Gasteiger charge is 2.06. The summed E-state index contributed by atoms with van der Waals surface area (Å²) in [5, 5.41) is 0. The molecule has 0 aliphatic heterocycles. The van der Waals surface area contributed by atoms with Crippen LogP contribution in [-0.2, 0) is 4.79 Å². The highest BCUT2D eigenvalue weighted by molar-refractivity contribution is 5.94. The fourth-order valence-electron chi connectivity index (χ4n) is 1.06. The number of carbonyl (C=O) groups excluding carboxylic acids is 1. The van der Waals surface area contributed by atoms with Crippen LogP contribution in [0, 0.1) is 0 Å². The van der Waals surface area contributed by atoms with Crippen molar-refractivity contribution in [3.8, 4) is 0 Å². The molecule has 0 aromatic heterocycles. The zero-order valence-corrected chi connectivity index (χ0v) is 7.85. The van der Waals surface area contributed by atoms with Crippen LogP contribution >= 0.6 is 0 Å².